The largest absolute Gasteiger partial charge is 0.496 e. The summed E-state index contributed by atoms with van der Waals surface area (Å²) in [5.41, 5.74) is 3.53. The number of nitrogens with one attached hydrogen (secondary N) is 1. The van der Waals surface area contributed by atoms with Crippen LogP contribution in [0.25, 0.3) is 0 Å². The van der Waals surface area contributed by atoms with E-state index < -0.39 is 16.1 Å². The Bertz CT molecular complexity index is 1000. The van der Waals surface area contributed by atoms with E-state index in [0.29, 0.717) is 12.1 Å². The standard InChI is InChI=1S/C24H34N2O4S/c1-8-22(26(31(7,28)29)19-12-10-9-11-13-19)24(27)25-18(5)21-15-20(16(2)3)23(30-6)14-17(21)4/h9-16,18,22H,8H2,1-7H3,(H,25,27)/t18-,22+/m0/s1. The first-order chi connectivity index (χ1) is 14.5. The number of ether oxygens (including phenoxy) is 1. The van der Waals surface area contributed by atoms with E-state index in [1.165, 1.54) is 4.31 Å². The minimum Gasteiger partial charge on any atom is -0.496 e. The highest BCUT2D eigenvalue weighted by Gasteiger charge is 2.32. The lowest BCUT2D eigenvalue weighted by Gasteiger charge is -2.31. The van der Waals surface area contributed by atoms with E-state index in [1.807, 2.05) is 32.9 Å². The van der Waals surface area contributed by atoms with E-state index >= 15 is 0 Å². The van der Waals surface area contributed by atoms with Gasteiger partial charge in [0.2, 0.25) is 15.9 Å². The highest BCUT2D eigenvalue weighted by atomic mass is 32.2. The first-order valence-electron chi connectivity index (χ1n) is 10.5. The molecule has 2 aromatic rings. The quantitative estimate of drug-likeness (QED) is 0.613. The molecule has 1 N–H and O–H groups in total. The first-order valence-corrected chi connectivity index (χ1v) is 12.4. The van der Waals surface area contributed by atoms with Gasteiger partial charge in [0.1, 0.15) is 11.8 Å². The van der Waals surface area contributed by atoms with Gasteiger partial charge >= 0.3 is 0 Å². The molecular formula is C24H34N2O4S. The Hall–Kier alpha value is -2.54. The van der Waals surface area contributed by atoms with Gasteiger partial charge in [0, 0.05) is 0 Å². The summed E-state index contributed by atoms with van der Waals surface area (Å²) >= 11 is 0. The second-order valence-electron chi connectivity index (χ2n) is 8.15. The third-order valence-electron chi connectivity index (χ3n) is 5.41. The van der Waals surface area contributed by atoms with Gasteiger partial charge in [-0.3, -0.25) is 9.10 Å². The Kier molecular flexibility index (Phi) is 8.12. The molecule has 170 valence electrons. The van der Waals surface area contributed by atoms with Gasteiger partial charge in [0.25, 0.3) is 0 Å². The minimum absolute atomic E-state index is 0.263. The molecule has 0 fully saturated rings. The number of sulfonamides is 1. The predicted octanol–water partition coefficient (Wildman–Crippen LogP) is 4.55. The number of para-hydroxylation sites is 1. The van der Waals surface area contributed by atoms with E-state index in [1.54, 1.807) is 31.4 Å². The molecular weight excluding hydrogens is 412 g/mol. The van der Waals surface area contributed by atoms with Crippen molar-refractivity contribution >= 4 is 21.6 Å². The molecule has 0 aliphatic heterocycles. The number of rotatable bonds is 9. The Labute approximate surface area is 186 Å². The van der Waals surface area contributed by atoms with Crippen LogP contribution in [0.3, 0.4) is 0 Å². The number of benzene rings is 2. The smallest absolute Gasteiger partial charge is 0.244 e. The van der Waals surface area contributed by atoms with Gasteiger partial charge in [-0.05, 0) is 67.1 Å². The topological polar surface area (TPSA) is 75.7 Å². The molecule has 0 saturated carbocycles. The average Bonchev–Trinajstić information content (AvgIpc) is 2.70. The van der Waals surface area contributed by atoms with E-state index in [4.69, 9.17) is 4.74 Å². The Morgan fingerprint density at radius 2 is 1.71 bits per heavy atom. The second-order valence-corrected chi connectivity index (χ2v) is 10.0. The van der Waals surface area contributed by atoms with Crippen LogP contribution in [0, 0.1) is 6.92 Å². The van der Waals surface area contributed by atoms with Crippen LogP contribution in [0.1, 0.15) is 62.8 Å². The molecule has 7 heteroatoms. The van der Waals surface area contributed by atoms with Crippen LogP contribution >= 0.6 is 0 Å². The van der Waals surface area contributed by atoms with Crippen LogP contribution < -0.4 is 14.4 Å². The monoisotopic (exact) mass is 446 g/mol. The molecule has 0 radical (unpaired) electrons. The molecule has 0 bridgehead atoms. The summed E-state index contributed by atoms with van der Waals surface area (Å²) in [7, 11) is -2.00. The lowest BCUT2D eigenvalue weighted by Crippen LogP contribution is -2.49. The molecule has 2 atom stereocenters. The van der Waals surface area contributed by atoms with Gasteiger partial charge in [-0.25, -0.2) is 8.42 Å². The van der Waals surface area contributed by atoms with E-state index in [9.17, 15) is 13.2 Å². The number of nitrogens with zero attached hydrogens (tertiary/aromatic N) is 1. The van der Waals surface area contributed by atoms with Crippen LogP contribution in [0.15, 0.2) is 42.5 Å². The molecule has 0 spiro atoms. The van der Waals surface area contributed by atoms with E-state index in [0.717, 1.165) is 28.7 Å². The maximum absolute atomic E-state index is 13.2. The van der Waals surface area contributed by atoms with Crippen LogP contribution in [0.4, 0.5) is 5.69 Å². The Morgan fingerprint density at radius 3 is 2.19 bits per heavy atom. The molecule has 0 aliphatic rings. The fourth-order valence-electron chi connectivity index (χ4n) is 3.83. The summed E-state index contributed by atoms with van der Waals surface area (Å²) in [6.07, 6.45) is 1.47. The molecule has 2 rings (SSSR count). The Balaban J connectivity index is 2.37. The van der Waals surface area contributed by atoms with Crippen molar-refractivity contribution in [3.05, 3.63) is 59.2 Å². The van der Waals surface area contributed by atoms with Gasteiger partial charge in [-0.15, -0.1) is 0 Å². The zero-order valence-corrected chi connectivity index (χ0v) is 20.3. The fraction of sp³-hybridized carbons (Fsp3) is 0.458. The lowest BCUT2D eigenvalue weighted by molar-refractivity contribution is -0.122. The number of aryl methyl sites for hydroxylation is 1. The molecule has 1 amide bonds. The first kappa shape index (κ1) is 24.7. The number of amides is 1. The van der Waals surface area contributed by atoms with Gasteiger partial charge < -0.3 is 10.1 Å². The third kappa shape index (κ3) is 5.79. The maximum atomic E-state index is 13.2. The van der Waals surface area contributed by atoms with Crippen molar-refractivity contribution in [2.75, 3.05) is 17.7 Å². The van der Waals surface area contributed by atoms with Crippen LogP contribution in [0.2, 0.25) is 0 Å². The maximum Gasteiger partial charge on any atom is 0.244 e. The number of hydrogen-bond acceptors (Lipinski definition) is 4. The molecule has 0 aromatic heterocycles. The zero-order chi connectivity index (χ0) is 23.3. The second kappa shape index (κ2) is 10.2. The molecule has 2 aromatic carbocycles. The molecule has 6 nitrogen and oxygen atoms in total. The molecule has 0 unspecified atom stereocenters. The van der Waals surface area contributed by atoms with Crippen molar-refractivity contribution in [2.45, 2.75) is 59.0 Å². The average molecular weight is 447 g/mol. The summed E-state index contributed by atoms with van der Waals surface area (Å²) in [6.45, 7) is 9.89. The van der Waals surface area contributed by atoms with Gasteiger partial charge in [0.05, 0.1) is 25.1 Å². The molecule has 0 saturated heterocycles. The summed E-state index contributed by atoms with van der Waals surface area (Å²) < 4.78 is 31.9. The fourth-order valence-corrected chi connectivity index (χ4v) is 5.04. The number of carbonyl (C=O) groups excluding carboxylic acids is 1. The molecule has 0 aliphatic carbocycles. The van der Waals surface area contributed by atoms with Crippen molar-refractivity contribution in [1.82, 2.24) is 5.32 Å². The minimum atomic E-state index is -3.65. The zero-order valence-electron chi connectivity index (χ0n) is 19.5. The number of hydrogen-bond donors (Lipinski definition) is 1. The summed E-state index contributed by atoms with van der Waals surface area (Å²) in [4.78, 5) is 13.2. The van der Waals surface area contributed by atoms with Gasteiger partial charge in [-0.2, -0.15) is 0 Å². The van der Waals surface area contributed by atoms with Crippen molar-refractivity contribution in [3.8, 4) is 5.75 Å². The van der Waals surface area contributed by atoms with E-state index in [2.05, 4.69) is 25.2 Å². The van der Waals surface area contributed by atoms with Crippen molar-refractivity contribution < 1.29 is 17.9 Å². The normalized spacial score (nSPS) is 13.5. The van der Waals surface area contributed by atoms with Crippen molar-refractivity contribution in [2.24, 2.45) is 0 Å². The van der Waals surface area contributed by atoms with Crippen molar-refractivity contribution in [3.63, 3.8) is 0 Å². The summed E-state index contributed by atoms with van der Waals surface area (Å²) in [5.74, 6) is 0.763. The summed E-state index contributed by atoms with van der Waals surface area (Å²) in [6, 6.07) is 11.6. The van der Waals surface area contributed by atoms with Crippen molar-refractivity contribution in [1.29, 1.82) is 0 Å². The highest BCUT2D eigenvalue weighted by Crippen LogP contribution is 2.32. The van der Waals surface area contributed by atoms with Crippen LogP contribution in [-0.2, 0) is 14.8 Å². The van der Waals surface area contributed by atoms with Crippen LogP contribution in [-0.4, -0.2) is 33.7 Å². The van der Waals surface area contributed by atoms with Crippen LogP contribution in [0.5, 0.6) is 5.75 Å². The number of anilines is 1. The third-order valence-corrected chi connectivity index (χ3v) is 6.59. The molecule has 31 heavy (non-hydrogen) atoms. The van der Waals surface area contributed by atoms with Gasteiger partial charge in [-0.1, -0.05) is 39.0 Å². The lowest BCUT2D eigenvalue weighted by atomic mass is 9.93. The van der Waals surface area contributed by atoms with Gasteiger partial charge in [0.15, 0.2) is 0 Å². The Morgan fingerprint density at radius 1 is 1.10 bits per heavy atom. The van der Waals surface area contributed by atoms with E-state index in [-0.39, 0.29) is 17.9 Å². The number of carbonyl (C=O) groups is 1. The SMILES string of the molecule is CC[C@H](C(=O)N[C@@H](C)c1cc(C(C)C)c(OC)cc1C)N(c1ccccc1)S(C)(=O)=O. The molecule has 0 heterocycles. The summed E-state index contributed by atoms with van der Waals surface area (Å²) in [5, 5.41) is 3.03. The number of methoxy groups -OCH3 is 1. The predicted molar refractivity (Wildman–Crippen MR) is 126 cm³/mol. The highest BCUT2D eigenvalue weighted by molar-refractivity contribution is 7.92.